The average Bonchev–Trinajstić information content (AvgIpc) is 2.23. The lowest BCUT2D eigenvalue weighted by atomic mass is 10.0. The molecule has 0 spiro atoms. The van der Waals surface area contributed by atoms with Gasteiger partial charge in [-0.3, -0.25) is 4.79 Å². The lowest BCUT2D eigenvalue weighted by Gasteiger charge is -2.18. The van der Waals surface area contributed by atoms with Crippen molar-refractivity contribution in [3.8, 4) is 0 Å². The van der Waals surface area contributed by atoms with Crippen molar-refractivity contribution in [1.29, 1.82) is 0 Å². The van der Waals surface area contributed by atoms with Crippen LogP contribution in [0.25, 0.3) is 0 Å². The van der Waals surface area contributed by atoms with Crippen molar-refractivity contribution in [2.24, 2.45) is 5.92 Å². The van der Waals surface area contributed by atoms with Gasteiger partial charge in [0, 0.05) is 12.5 Å². The molecule has 3 nitrogen and oxygen atoms in total. The van der Waals surface area contributed by atoms with E-state index in [0.717, 1.165) is 19.4 Å². The summed E-state index contributed by atoms with van der Waals surface area (Å²) in [6.45, 7) is 10.4. The van der Waals surface area contributed by atoms with Crippen LogP contribution in [0.4, 0.5) is 0 Å². The van der Waals surface area contributed by atoms with E-state index in [0.29, 0.717) is 12.3 Å². The molecule has 0 heterocycles. The maximum Gasteiger partial charge on any atom is 0.303 e. The molecular formula is C13H23NO2. The van der Waals surface area contributed by atoms with Crippen molar-refractivity contribution in [2.75, 3.05) is 6.54 Å². The van der Waals surface area contributed by atoms with Gasteiger partial charge in [-0.05, 0) is 38.6 Å². The van der Waals surface area contributed by atoms with Gasteiger partial charge in [0.2, 0.25) is 0 Å². The predicted octanol–water partition coefficient (Wildman–Crippen LogP) is 2.60. The Morgan fingerprint density at radius 2 is 1.94 bits per heavy atom. The van der Waals surface area contributed by atoms with E-state index in [4.69, 9.17) is 5.11 Å². The summed E-state index contributed by atoms with van der Waals surface area (Å²) < 4.78 is 0. The molecule has 1 unspecified atom stereocenters. The molecule has 0 aromatic rings. The Morgan fingerprint density at radius 1 is 1.38 bits per heavy atom. The maximum absolute atomic E-state index is 10.4. The molecule has 0 aromatic carbocycles. The molecule has 92 valence electrons. The van der Waals surface area contributed by atoms with Crippen LogP contribution in [0.2, 0.25) is 0 Å². The van der Waals surface area contributed by atoms with Gasteiger partial charge in [-0.2, -0.15) is 0 Å². The molecule has 0 aromatic heterocycles. The second-order valence-electron chi connectivity index (χ2n) is 4.16. The van der Waals surface area contributed by atoms with E-state index in [1.165, 1.54) is 0 Å². The number of aliphatic carboxylic acids is 1. The van der Waals surface area contributed by atoms with Crippen LogP contribution in [0, 0.1) is 5.92 Å². The van der Waals surface area contributed by atoms with Crippen molar-refractivity contribution in [3.05, 3.63) is 25.3 Å². The summed E-state index contributed by atoms with van der Waals surface area (Å²) in [6.07, 6.45) is 6.65. The molecule has 0 aliphatic carbocycles. The Morgan fingerprint density at radius 3 is 2.38 bits per heavy atom. The van der Waals surface area contributed by atoms with Crippen LogP contribution in [0.1, 0.15) is 32.6 Å². The Balaban J connectivity index is 3.76. The van der Waals surface area contributed by atoms with E-state index < -0.39 is 5.97 Å². The average molecular weight is 225 g/mol. The third kappa shape index (κ3) is 8.24. The molecule has 0 aliphatic heterocycles. The fourth-order valence-corrected chi connectivity index (χ4v) is 1.54. The van der Waals surface area contributed by atoms with Gasteiger partial charge in [-0.25, -0.2) is 0 Å². The second-order valence-corrected chi connectivity index (χ2v) is 4.16. The summed E-state index contributed by atoms with van der Waals surface area (Å²) in [7, 11) is 0. The normalized spacial score (nSPS) is 12.4. The van der Waals surface area contributed by atoms with E-state index in [1.807, 2.05) is 19.1 Å². The van der Waals surface area contributed by atoms with Crippen LogP contribution in [0.5, 0.6) is 0 Å². The number of hydrogen-bond donors (Lipinski definition) is 2. The van der Waals surface area contributed by atoms with E-state index in [-0.39, 0.29) is 12.5 Å². The first kappa shape index (κ1) is 14.9. The van der Waals surface area contributed by atoms with Crippen LogP contribution in [0.3, 0.4) is 0 Å². The summed E-state index contributed by atoms with van der Waals surface area (Å²) in [5.74, 6) is -0.218. The number of allylic oxidation sites excluding steroid dienone is 2. The smallest absolute Gasteiger partial charge is 0.303 e. The van der Waals surface area contributed by atoms with Gasteiger partial charge in [0.05, 0.1) is 0 Å². The number of carbonyl (C=O) groups is 1. The Bertz CT molecular complexity index is 216. The molecule has 1 atom stereocenters. The molecule has 2 N–H and O–H groups in total. The highest BCUT2D eigenvalue weighted by atomic mass is 16.4. The first-order chi connectivity index (χ1) is 7.60. The fraction of sp³-hybridized carbons (Fsp3) is 0.615. The van der Waals surface area contributed by atoms with Crippen molar-refractivity contribution in [2.45, 2.75) is 38.6 Å². The number of carboxylic acid groups (broad SMARTS) is 1. The Labute approximate surface area is 98.2 Å². The summed E-state index contributed by atoms with van der Waals surface area (Å²) >= 11 is 0. The molecule has 0 saturated carbocycles. The van der Waals surface area contributed by atoms with Gasteiger partial charge < -0.3 is 10.4 Å². The first-order valence-corrected chi connectivity index (χ1v) is 5.77. The molecule has 0 saturated heterocycles. The molecule has 3 heteroatoms. The van der Waals surface area contributed by atoms with E-state index in [1.54, 1.807) is 0 Å². The number of rotatable bonds is 10. The zero-order valence-corrected chi connectivity index (χ0v) is 10.1. The summed E-state index contributed by atoms with van der Waals surface area (Å²) in [5, 5.41) is 11.9. The third-order valence-corrected chi connectivity index (χ3v) is 2.55. The monoisotopic (exact) mass is 225 g/mol. The number of nitrogens with one attached hydrogen (secondary N) is 1. The standard InChI is InChI=1S/C13H23NO2/c1-4-6-12(7-5-2)10-14-11(3)8-9-13(15)16/h4-5,11-12,14H,1-2,6-10H2,3H3,(H,15,16). The molecule has 0 fully saturated rings. The maximum atomic E-state index is 10.4. The minimum absolute atomic E-state index is 0.224. The largest absolute Gasteiger partial charge is 0.481 e. The van der Waals surface area contributed by atoms with E-state index >= 15 is 0 Å². The predicted molar refractivity (Wildman–Crippen MR) is 67.5 cm³/mol. The molecule has 0 aliphatic rings. The quantitative estimate of drug-likeness (QED) is 0.562. The lowest BCUT2D eigenvalue weighted by molar-refractivity contribution is -0.137. The van der Waals surface area contributed by atoms with Crippen LogP contribution in [-0.2, 0) is 4.79 Å². The minimum Gasteiger partial charge on any atom is -0.481 e. The van der Waals surface area contributed by atoms with Crippen molar-refractivity contribution in [1.82, 2.24) is 5.32 Å². The summed E-state index contributed by atoms with van der Waals surface area (Å²) in [4.78, 5) is 10.4. The summed E-state index contributed by atoms with van der Waals surface area (Å²) in [5.41, 5.74) is 0. The van der Waals surface area contributed by atoms with Crippen LogP contribution in [-0.4, -0.2) is 23.7 Å². The summed E-state index contributed by atoms with van der Waals surface area (Å²) in [6, 6.07) is 0.244. The first-order valence-electron chi connectivity index (χ1n) is 5.77. The molecule has 16 heavy (non-hydrogen) atoms. The van der Waals surface area contributed by atoms with Gasteiger partial charge in [0.25, 0.3) is 0 Å². The van der Waals surface area contributed by atoms with Crippen LogP contribution in [0.15, 0.2) is 25.3 Å². The topological polar surface area (TPSA) is 49.3 Å². The molecule has 0 bridgehead atoms. The van der Waals surface area contributed by atoms with Gasteiger partial charge in [0.1, 0.15) is 0 Å². The fourth-order valence-electron chi connectivity index (χ4n) is 1.54. The number of carboxylic acids is 1. The third-order valence-electron chi connectivity index (χ3n) is 2.55. The molecule has 0 amide bonds. The zero-order chi connectivity index (χ0) is 12.4. The van der Waals surface area contributed by atoms with E-state index in [9.17, 15) is 4.79 Å². The highest BCUT2D eigenvalue weighted by Crippen LogP contribution is 2.09. The Hall–Kier alpha value is -1.09. The molecule has 0 rings (SSSR count). The van der Waals surface area contributed by atoms with Gasteiger partial charge in [0.15, 0.2) is 0 Å². The van der Waals surface area contributed by atoms with Crippen LogP contribution < -0.4 is 5.32 Å². The van der Waals surface area contributed by atoms with Crippen molar-refractivity contribution in [3.63, 3.8) is 0 Å². The SMILES string of the molecule is C=CCC(CC=C)CNC(C)CCC(=O)O. The zero-order valence-electron chi connectivity index (χ0n) is 10.1. The van der Waals surface area contributed by atoms with Gasteiger partial charge in [-0.15, -0.1) is 13.2 Å². The van der Waals surface area contributed by atoms with Crippen LogP contribution >= 0.6 is 0 Å². The van der Waals surface area contributed by atoms with Gasteiger partial charge in [-0.1, -0.05) is 12.2 Å². The second kappa shape index (κ2) is 9.16. The number of hydrogen-bond acceptors (Lipinski definition) is 2. The minimum atomic E-state index is -0.734. The highest BCUT2D eigenvalue weighted by molar-refractivity contribution is 5.66. The highest BCUT2D eigenvalue weighted by Gasteiger charge is 2.08. The van der Waals surface area contributed by atoms with Crippen molar-refractivity contribution >= 4 is 5.97 Å². The van der Waals surface area contributed by atoms with E-state index in [2.05, 4.69) is 18.5 Å². The Kier molecular flexibility index (Phi) is 8.53. The van der Waals surface area contributed by atoms with Crippen molar-refractivity contribution < 1.29 is 9.90 Å². The molecular weight excluding hydrogens is 202 g/mol. The molecule has 0 radical (unpaired) electrons. The lowest BCUT2D eigenvalue weighted by Crippen LogP contribution is -2.31. The van der Waals surface area contributed by atoms with Gasteiger partial charge >= 0.3 is 5.97 Å².